The minimum absolute atomic E-state index is 0.586. The Morgan fingerprint density at radius 3 is 1.01 bits per heavy atom. The second kappa shape index (κ2) is 17.4. The molecule has 16 rings (SSSR count). The van der Waals surface area contributed by atoms with Crippen LogP contribution >= 0.6 is 22.7 Å². The lowest BCUT2D eigenvalue weighted by atomic mass is 9.70. The lowest BCUT2D eigenvalue weighted by Crippen LogP contribution is -2.26. The van der Waals surface area contributed by atoms with E-state index in [1.165, 1.54) is 107 Å². The predicted octanol–water partition coefficient (Wildman–Crippen LogP) is 21.0. The van der Waals surface area contributed by atoms with Gasteiger partial charge < -0.3 is 9.80 Å². The third-order valence-corrected chi connectivity index (χ3v) is 18.6. The highest BCUT2D eigenvalue weighted by molar-refractivity contribution is 7.26. The van der Waals surface area contributed by atoms with E-state index in [9.17, 15) is 0 Å². The summed E-state index contributed by atoms with van der Waals surface area (Å²) in [5.41, 5.74) is 21.2. The summed E-state index contributed by atoms with van der Waals surface area (Å²) in [6, 6.07) is 104. The highest BCUT2D eigenvalue weighted by atomic mass is 32.1. The molecule has 2 aliphatic carbocycles. The maximum Gasteiger partial charge on any atom is 0.0727 e. The topological polar surface area (TPSA) is 6.48 Å². The molecule has 0 unspecified atom stereocenters. The Hall–Kier alpha value is -9.32. The van der Waals surface area contributed by atoms with Gasteiger partial charge in [0.1, 0.15) is 0 Å². The monoisotopic (exact) mass is 1010 g/mol. The number of hydrogen-bond acceptors (Lipinski definition) is 4. The zero-order chi connectivity index (χ0) is 50.6. The first-order valence-corrected chi connectivity index (χ1v) is 28.0. The average molecular weight is 1020 g/mol. The third-order valence-electron chi connectivity index (χ3n) is 16.3. The molecule has 0 N–H and O–H groups in total. The summed E-state index contributed by atoms with van der Waals surface area (Å²) in [5, 5.41) is 5.26. The third kappa shape index (κ3) is 6.79. The molecule has 14 aromatic rings. The van der Waals surface area contributed by atoms with Gasteiger partial charge in [-0.2, -0.15) is 0 Å². The van der Waals surface area contributed by atoms with E-state index < -0.39 is 5.41 Å². The second-order valence-corrected chi connectivity index (χ2v) is 22.5. The lowest BCUT2D eigenvalue weighted by Gasteiger charge is -2.33. The second-order valence-electron chi connectivity index (χ2n) is 20.4. The van der Waals surface area contributed by atoms with Crippen molar-refractivity contribution >= 4 is 97.1 Å². The Labute approximate surface area is 455 Å². The Balaban J connectivity index is 0.838. The minimum atomic E-state index is -0.586. The van der Waals surface area contributed by atoms with Crippen LogP contribution in [0.3, 0.4) is 0 Å². The highest BCUT2D eigenvalue weighted by Crippen LogP contribution is 2.64. The Morgan fingerprint density at radius 1 is 0.221 bits per heavy atom. The molecule has 2 aliphatic rings. The largest absolute Gasteiger partial charge is 0.310 e. The van der Waals surface area contributed by atoms with Crippen LogP contribution in [0, 0.1) is 0 Å². The van der Waals surface area contributed by atoms with E-state index >= 15 is 0 Å². The van der Waals surface area contributed by atoms with Crippen LogP contribution in [0.1, 0.15) is 22.3 Å². The van der Waals surface area contributed by atoms with Crippen molar-refractivity contribution in [2.24, 2.45) is 0 Å². The van der Waals surface area contributed by atoms with Crippen molar-refractivity contribution in [3.63, 3.8) is 0 Å². The van der Waals surface area contributed by atoms with Gasteiger partial charge in [-0.3, -0.25) is 0 Å². The quantitative estimate of drug-likeness (QED) is 0.150. The van der Waals surface area contributed by atoms with E-state index in [1.807, 2.05) is 22.7 Å². The number of thiophene rings is 2. The van der Waals surface area contributed by atoms with Crippen molar-refractivity contribution in [1.82, 2.24) is 0 Å². The molecule has 12 aromatic carbocycles. The van der Waals surface area contributed by atoms with Crippen molar-refractivity contribution in [3.8, 4) is 44.5 Å². The number of benzene rings is 12. The number of para-hydroxylation sites is 2. The maximum absolute atomic E-state index is 2.49. The van der Waals surface area contributed by atoms with Gasteiger partial charge in [0.25, 0.3) is 0 Å². The van der Waals surface area contributed by atoms with Crippen LogP contribution in [0.15, 0.2) is 279 Å². The first kappa shape index (κ1) is 44.0. The first-order chi connectivity index (χ1) is 38.2. The zero-order valence-corrected chi connectivity index (χ0v) is 43.4. The molecule has 1 spiro atoms. The molecule has 2 aromatic heterocycles. The van der Waals surface area contributed by atoms with Crippen LogP contribution in [0.5, 0.6) is 0 Å². The highest BCUT2D eigenvalue weighted by Gasteiger charge is 2.52. The molecule has 2 heterocycles. The van der Waals surface area contributed by atoms with Crippen molar-refractivity contribution in [3.05, 3.63) is 301 Å². The first-order valence-electron chi connectivity index (χ1n) is 26.4. The van der Waals surface area contributed by atoms with Gasteiger partial charge in [-0.05, 0) is 176 Å². The van der Waals surface area contributed by atoms with Crippen molar-refractivity contribution < 1.29 is 0 Å². The molecular formula is C73H46N2S2. The Bertz CT molecular complexity index is 4330. The van der Waals surface area contributed by atoms with E-state index in [0.29, 0.717) is 0 Å². The number of rotatable bonds is 8. The van der Waals surface area contributed by atoms with E-state index in [0.717, 1.165) is 34.1 Å². The van der Waals surface area contributed by atoms with E-state index in [2.05, 4.69) is 289 Å². The summed E-state index contributed by atoms with van der Waals surface area (Å²) < 4.78 is 5.29. The molecule has 0 fully saturated rings. The predicted molar refractivity (Wildman–Crippen MR) is 329 cm³/mol. The summed E-state index contributed by atoms with van der Waals surface area (Å²) in [4.78, 5) is 4.85. The van der Waals surface area contributed by atoms with E-state index in [1.54, 1.807) is 0 Å². The van der Waals surface area contributed by atoms with Crippen molar-refractivity contribution in [1.29, 1.82) is 0 Å². The molecule has 0 atom stereocenters. The summed E-state index contributed by atoms with van der Waals surface area (Å²) >= 11 is 3.72. The molecule has 360 valence electrons. The number of hydrogen-bond donors (Lipinski definition) is 0. The van der Waals surface area contributed by atoms with Gasteiger partial charge in [0, 0.05) is 74.5 Å². The summed E-state index contributed by atoms with van der Waals surface area (Å²) in [5.74, 6) is 0. The molecule has 0 radical (unpaired) electrons. The van der Waals surface area contributed by atoms with Gasteiger partial charge in [0.15, 0.2) is 0 Å². The van der Waals surface area contributed by atoms with Crippen LogP contribution in [-0.4, -0.2) is 0 Å². The average Bonchev–Trinajstić information content (AvgIpc) is 4.40. The number of nitrogens with zero attached hydrogens (tertiary/aromatic N) is 2. The van der Waals surface area contributed by atoms with Gasteiger partial charge in [0.05, 0.1) is 5.41 Å². The van der Waals surface area contributed by atoms with Crippen LogP contribution in [0.25, 0.3) is 84.9 Å². The van der Waals surface area contributed by atoms with Gasteiger partial charge in [-0.15, -0.1) is 22.7 Å². The minimum Gasteiger partial charge on any atom is -0.310 e. The Morgan fingerprint density at radius 2 is 0.558 bits per heavy atom. The van der Waals surface area contributed by atoms with Crippen LogP contribution in [0.4, 0.5) is 34.1 Å². The van der Waals surface area contributed by atoms with Crippen LogP contribution < -0.4 is 9.80 Å². The maximum atomic E-state index is 2.49. The normalized spacial score (nSPS) is 12.8. The van der Waals surface area contributed by atoms with Crippen LogP contribution in [0.2, 0.25) is 0 Å². The van der Waals surface area contributed by atoms with Gasteiger partial charge in [-0.1, -0.05) is 170 Å². The number of fused-ring (bicyclic) bond motifs is 16. The fourth-order valence-electron chi connectivity index (χ4n) is 12.9. The van der Waals surface area contributed by atoms with Crippen LogP contribution in [-0.2, 0) is 5.41 Å². The fraction of sp³-hybridized carbons (Fsp3) is 0.0137. The molecule has 2 nitrogen and oxygen atoms in total. The van der Waals surface area contributed by atoms with E-state index in [-0.39, 0.29) is 0 Å². The molecule has 0 saturated carbocycles. The smallest absolute Gasteiger partial charge is 0.0727 e. The molecule has 77 heavy (non-hydrogen) atoms. The van der Waals surface area contributed by atoms with Crippen molar-refractivity contribution in [2.75, 3.05) is 9.80 Å². The SMILES string of the molecule is c1ccc(N(c2ccc(-c3ccc4sc5ccccc5c4c3)cc2)c2ccc3c(c2)C2(c4ccccc4-c4ccccc42)c2cc(N(c4ccccc4)c4ccc(-c5ccc6sc7ccccc7c6c5)cc4)ccc2-3)cc1. The lowest BCUT2D eigenvalue weighted by molar-refractivity contribution is 0.793. The molecule has 4 heteroatoms. The molecular weight excluding hydrogens is 969 g/mol. The fourth-order valence-corrected chi connectivity index (χ4v) is 15.0. The molecule has 0 bridgehead atoms. The zero-order valence-electron chi connectivity index (χ0n) is 41.8. The summed E-state index contributed by atoms with van der Waals surface area (Å²) in [7, 11) is 0. The molecule has 0 amide bonds. The van der Waals surface area contributed by atoms with Gasteiger partial charge >= 0.3 is 0 Å². The molecule has 0 saturated heterocycles. The summed E-state index contributed by atoms with van der Waals surface area (Å²) in [6.07, 6.45) is 0. The van der Waals surface area contributed by atoms with Gasteiger partial charge in [0.2, 0.25) is 0 Å². The standard InChI is InChI=1S/C73H46N2S2/c1-3-15-51(16-4-1)74(53-33-27-47(28-34-53)49-31-41-71-63(43-49)61-21-9-13-25-69(61)76-71)55-37-39-59-60-40-38-56(46-68(60)73(67(59)45-55)65-23-11-7-19-57(65)58-20-8-12-24-66(58)73)75(52-17-5-2-6-18-52)54-35-29-48(30-36-54)50-32-42-72-64(44-50)62-22-10-14-26-70(62)77-72/h1-46H. The van der Waals surface area contributed by atoms with Gasteiger partial charge in [-0.25, -0.2) is 0 Å². The van der Waals surface area contributed by atoms with E-state index in [4.69, 9.17) is 0 Å². The molecule has 0 aliphatic heterocycles. The summed E-state index contributed by atoms with van der Waals surface area (Å²) in [6.45, 7) is 0. The number of anilines is 6. The van der Waals surface area contributed by atoms with Crippen molar-refractivity contribution in [2.45, 2.75) is 5.41 Å². The Kier molecular flexibility index (Phi) is 9.93.